The van der Waals surface area contributed by atoms with Crippen LogP contribution in [-0.4, -0.2) is 6.04 Å². The van der Waals surface area contributed by atoms with Crippen LogP contribution < -0.4 is 5.73 Å². The molecule has 1 heteroatoms. The van der Waals surface area contributed by atoms with Crippen LogP contribution in [0.1, 0.15) is 13.8 Å². The second-order valence-corrected chi connectivity index (χ2v) is 1.84. The number of hydrogen-bond donors (Lipinski definition) is 1. The molecule has 0 unspecified atom stereocenters. The largest absolute Gasteiger partial charge is 0.321 e. The summed E-state index contributed by atoms with van der Waals surface area (Å²) >= 11 is 0. The molecular weight excluding hydrogens is 74.1 g/mol. The minimum atomic E-state index is 0.352. The first-order valence-electron chi connectivity index (χ1n) is 2.16. The highest BCUT2D eigenvalue weighted by Gasteiger charge is 2.22. The molecule has 0 atom stereocenters. The van der Waals surface area contributed by atoms with Crippen LogP contribution in [0.3, 0.4) is 0 Å². The summed E-state index contributed by atoms with van der Waals surface area (Å²) in [4.78, 5) is 0. The minimum Gasteiger partial charge on any atom is -0.321 e. The van der Waals surface area contributed by atoms with Crippen LogP contribution in [0, 0.1) is 0 Å². The predicted molar refractivity (Wildman–Crippen MR) is 26.3 cm³/mol. The van der Waals surface area contributed by atoms with E-state index in [0.717, 1.165) is 0 Å². The van der Waals surface area contributed by atoms with Gasteiger partial charge in [-0.2, -0.15) is 0 Å². The summed E-state index contributed by atoms with van der Waals surface area (Å²) in [6, 6.07) is 0.352. The molecule has 6 heavy (non-hydrogen) atoms. The summed E-state index contributed by atoms with van der Waals surface area (Å²) in [6.07, 6.45) is 0. The van der Waals surface area contributed by atoms with Gasteiger partial charge in [0.1, 0.15) is 0 Å². The van der Waals surface area contributed by atoms with Crippen LogP contribution in [0.25, 0.3) is 0 Å². The number of rotatable bonds is 0. The zero-order valence-corrected chi connectivity index (χ0v) is 4.15. The van der Waals surface area contributed by atoms with E-state index >= 15 is 0 Å². The van der Waals surface area contributed by atoms with Crippen molar-refractivity contribution in [3.05, 3.63) is 11.1 Å². The molecule has 0 heterocycles. The second-order valence-electron chi connectivity index (χ2n) is 1.84. The molecule has 1 aliphatic carbocycles. The topological polar surface area (TPSA) is 26.0 Å². The molecule has 34 valence electrons. The third kappa shape index (κ3) is 0.287. The van der Waals surface area contributed by atoms with E-state index in [4.69, 9.17) is 5.73 Å². The van der Waals surface area contributed by atoms with Crippen LogP contribution >= 0.6 is 0 Å². The maximum absolute atomic E-state index is 5.44. The standard InChI is InChI=1S/C5H9N/c1-3-4(2)5(3)6/h5H,6H2,1-2H3. The average Bonchev–Trinajstić information content (AvgIpc) is 1.94. The van der Waals surface area contributed by atoms with Crippen molar-refractivity contribution in [2.75, 3.05) is 0 Å². The first-order chi connectivity index (χ1) is 2.73. The van der Waals surface area contributed by atoms with Crippen molar-refractivity contribution in [1.29, 1.82) is 0 Å². The van der Waals surface area contributed by atoms with Crippen molar-refractivity contribution in [3.8, 4) is 0 Å². The summed E-state index contributed by atoms with van der Waals surface area (Å²) in [7, 11) is 0. The van der Waals surface area contributed by atoms with Crippen molar-refractivity contribution in [2.24, 2.45) is 5.73 Å². The van der Waals surface area contributed by atoms with E-state index in [1.165, 1.54) is 11.1 Å². The lowest BCUT2D eigenvalue weighted by atomic mass is 10.5. The van der Waals surface area contributed by atoms with Gasteiger partial charge in [0.2, 0.25) is 0 Å². The SMILES string of the molecule is CC1=C(C)C1N. The molecule has 1 aliphatic rings. The van der Waals surface area contributed by atoms with Gasteiger partial charge in [0.15, 0.2) is 0 Å². The first-order valence-corrected chi connectivity index (χ1v) is 2.16. The molecule has 0 aromatic heterocycles. The van der Waals surface area contributed by atoms with Crippen LogP contribution in [0.2, 0.25) is 0 Å². The Morgan fingerprint density at radius 1 is 1.33 bits per heavy atom. The Labute approximate surface area is 37.8 Å². The van der Waals surface area contributed by atoms with Crippen molar-refractivity contribution in [3.63, 3.8) is 0 Å². The molecule has 0 amide bonds. The number of hydrogen-bond acceptors (Lipinski definition) is 1. The molecule has 0 fully saturated rings. The Morgan fingerprint density at radius 3 is 1.50 bits per heavy atom. The van der Waals surface area contributed by atoms with Crippen LogP contribution in [0.4, 0.5) is 0 Å². The van der Waals surface area contributed by atoms with Crippen molar-refractivity contribution < 1.29 is 0 Å². The van der Waals surface area contributed by atoms with Crippen molar-refractivity contribution in [2.45, 2.75) is 19.9 Å². The van der Waals surface area contributed by atoms with E-state index in [2.05, 4.69) is 13.8 Å². The quantitative estimate of drug-likeness (QED) is 0.428. The summed E-state index contributed by atoms with van der Waals surface area (Å²) < 4.78 is 0. The van der Waals surface area contributed by atoms with Gasteiger partial charge in [-0.05, 0) is 13.8 Å². The zero-order valence-electron chi connectivity index (χ0n) is 4.15. The van der Waals surface area contributed by atoms with Crippen molar-refractivity contribution in [1.82, 2.24) is 0 Å². The van der Waals surface area contributed by atoms with E-state index in [0.29, 0.717) is 6.04 Å². The Balaban J connectivity index is 2.54. The Kier molecular flexibility index (Phi) is 0.549. The normalized spacial score (nSPS) is 22.5. The molecule has 2 N–H and O–H groups in total. The maximum Gasteiger partial charge on any atom is 0.0471 e. The fourth-order valence-corrected chi connectivity index (χ4v) is 0.503. The van der Waals surface area contributed by atoms with E-state index in [-0.39, 0.29) is 0 Å². The van der Waals surface area contributed by atoms with Gasteiger partial charge in [0.25, 0.3) is 0 Å². The van der Waals surface area contributed by atoms with Gasteiger partial charge < -0.3 is 5.73 Å². The fraction of sp³-hybridized carbons (Fsp3) is 0.600. The lowest BCUT2D eigenvalue weighted by Crippen LogP contribution is -2.02. The van der Waals surface area contributed by atoms with Gasteiger partial charge in [-0.25, -0.2) is 0 Å². The van der Waals surface area contributed by atoms with E-state index in [9.17, 15) is 0 Å². The Morgan fingerprint density at radius 2 is 1.50 bits per heavy atom. The molecule has 0 saturated heterocycles. The van der Waals surface area contributed by atoms with E-state index in [1.54, 1.807) is 0 Å². The Bertz CT molecular complexity index is 90.5. The highest BCUT2D eigenvalue weighted by atomic mass is 14.7. The summed E-state index contributed by atoms with van der Waals surface area (Å²) in [5.74, 6) is 0. The minimum absolute atomic E-state index is 0.352. The third-order valence-corrected chi connectivity index (χ3v) is 1.47. The Hall–Kier alpha value is -0.300. The lowest BCUT2D eigenvalue weighted by Gasteiger charge is -1.75. The molecule has 0 spiro atoms. The second kappa shape index (κ2) is 0.850. The summed E-state index contributed by atoms with van der Waals surface area (Å²) in [6.45, 7) is 4.14. The maximum atomic E-state index is 5.44. The van der Waals surface area contributed by atoms with Gasteiger partial charge in [-0.15, -0.1) is 0 Å². The number of nitrogens with two attached hydrogens (primary N) is 1. The van der Waals surface area contributed by atoms with Crippen LogP contribution in [0.5, 0.6) is 0 Å². The van der Waals surface area contributed by atoms with Gasteiger partial charge in [0.05, 0.1) is 0 Å². The van der Waals surface area contributed by atoms with Crippen LogP contribution in [0.15, 0.2) is 11.1 Å². The highest BCUT2D eigenvalue weighted by molar-refractivity contribution is 5.41. The summed E-state index contributed by atoms with van der Waals surface area (Å²) in [5, 5.41) is 0. The highest BCUT2D eigenvalue weighted by Crippen LogP contribution is 2.26. The fourth-order valence-electron chi connectivity index (χ4n) is 0.503. The van der Waals surface area contributed by atoms with Gasteiger partial charge in [-0.3, -0.25) is 0 Å². The van der Waals surface area contributed by atoms with E-state index in [1.807, 2.05) is 0 Å². The molecule has 0 aromatic rings. The molecule has 0 aromatic carbocycles. The van der Waals surface area contributed by atoms with Crippen LogP contribution in [-0.2, 0) is 0 Å². The van der Waals surface area contributed by atoms with Gasteiger partial charge in [-0.1, -0.05) is 11.1 Å². The van der Waals surface area contributed by atoms with Gasteiger partial charge >= 0.3 is 0 Å². The average molecular weight is 83.1 g/mol. The monoisotopic (exact) mass is 83.1 g/mol. The molecule has 0 aliphatic heterocycles. The smallest absolute Gasteiger partial charge is 0.0471 e. The first kappa shape index (κ1) is 3.88. The predicted octanol–water partition coefficient (Wildman–Crippen LogP) is 0.664. The van der Waals surface area contributed by atoms with Crippen molar-refractivity contribution >= 4 is 0 Å². The van der Waals surface area contributed by atoms with E-state index < -0.39 is 0 Å². The van der Waals surface area contributed by atoms with Gasteiger partial charge in [0, 0.05) is 6.04 Å². The molecule has 1 nitrogen and oxygen atoms in total. The molecule has 1 rings (SSSR count). The molecular formula is C5H9N. The molecule has 0 bridgehead atoms. The zero-order chi connectivity index (χ0) is 4.73. The summed E-state index contributed by atoms with van der Waals surface area (Å²) in [5.41, 5.74) is 8.18. The lowest BCUT2D eigenvalue weighted by molar-refractivity contribution is 1.07. The molecule has 0 saturated carbocycles. The third-order valence-electron chi connectivity index (χ3n) is 1.47. The molecule has 0 radical (unpaired) electrons.